The van der Waals surface area contributed by atoms with E-state index in [4.69, 9.17) is 4.74 Å². The summed E-state index contributed by atoms with van der Waals surface area (Å²) >= 11 is 1.33. The fraction of sp³-hybridized carbons (Fsp3) is 0.800. The van der Waals surface area contributed by atoms with Crippen molar-refractivity contribution in [1.29, 1.82) is 0 Å². The molecule has 0 radical (unpaired) electrons. The third-order valence-electron chi connectivity index (χ3n) is 4.77. The first-order valence-corrected chi connectivity index (χ1v) is 11.3. The standard InChI is InChI=1S/C15H24N4O4S2/c1-11-16-17-15(18(11)2)24-9-14(20)19(8-13-4-3-6-23-13)12-5-7-25(21,22)10-12/h12-13H,3-10H2,1-2H3/t12-,13-/m1/s1. The van der Waals surface area contributed by atoms with Crippen LogP contribution < -0.4 is 0 Å². The Morgan fingerprint density at radius 2 is 2.20 bits per heavy atom. The van der Waals surface area contributed by atoms with Gasteiger partial charge < -0.3 is 14.2 Å². The molecular formula is C15H24N4O4S2. The maximum Gasteiger partial charge on any atom is 0.233 e. The normalized spacial score (nSPS) is 25.4. The topological polar surface area (TPSA) is 94.4 Å². The predicted octanol–water partition coefficient (Wildman–Crippen LogP) is 0.410. The molecule has 3 rings (SSSR count). The maximum absolute atomic E-state index is 12.8. The van der Waals surface area contributed by atoms with Crippen LogP contribution in [-0.4, -0.2) is 76.5 Å². The highest BCUT2D eigenvalue weighted by molar-refractivity contribution is 7.99. The van der Waals surface area contributed by atoms with Gasteiger partial charge in [-0.25, -0.2) is 8.42 Å². The second kappa shape index (κ2) is 7.63. The smallest absolute Gasteiger partial charge is 0.233 e. The van der Waals surface area contributed by atoms with E-state index in [9.17, 15) is 13.2 Å². The average molecular weight is 389 g/mol. The second-order valence-corrected chi connectivity index (χ2v) is 9.79. The van der Waals surface area contributed by atoms with Gasteiger partial charge in [0.1, 0.15) is 5.82 Å². The molecule has 1 aromatic rings. The predicted molar refractivity (Wildman–Crippen MR) is 94.2 cm³/mol. The molecule has 0 saturated carbocycles. The molecule has 10 heteroatoms. The van der Waals surface area contributed by atoms with Crippen LogP contribution in [0.1, 0.15) is 25.1 Å². The van der Waals surface area contributed by atoms with Crippen molar-refractivity contribution in [3.05, 3.63) is 5.82 Å². The molecule has 0 unspecified atom stereocenters. The Morgan fingerprint density at radius 1 is 1.40 bits per heavy atom. The molecule has 2 aliphatic rings. The van der Waals surface area contributed by atoms with Crippen molar-refractivity contribution in [3.8, 4) is 0 Å². The van der Waals surface area contributed by atoms with Crippen LogP contribution in [0.2, 0.25) is 0 Å². The van der Waals surface area contributed by atoms with Crippen molar-refractivity contribution in [2.75, 3.05) is 30.4 Å². The number of aromatic nitrogens is 3. The Balaban J connectivity index is 1.66. The fourth-order valence-corrected chi connectivity index (χ4v) is 5.78. The van der Waals surface area contributed by atoms with Crippen molar-refractivity contribution in [2.45, 2.75) is 43.5 Å². The van der Waals surface area contributed by atoms with E-state index in [-0.39, 0.29) is 35.3 Å². The molecule has 2 aliphatic heterocycles. The Morgan fingerprint density at radius 3 is 2.76 bits per heavy atom. The molecule has 25 heavy (non-hydrogen) atoms. The molecule has 1 amide bonds. The number of rotatable bonds is 6. The lowest BCUT2D eigenvalue weighted by Crippen LogP contribution is -2.46. The van der Waals surface area contributed by atoms with Crippen molar-refractivity contribution < 1.29 is 17.9 Å². The molecule has 0 aliphatic carbocycles. The Labute approximate surface area is 152 Å². The van der Waals surface area contributed by atoms with E-state index in [1.807, 2.05) is 18.5 Å². The van der Waals surface area contributed by atoms with Crippen LogP contribution in [0.5, 0.6) is 0 Å². The minimum atomic E-state index is -3.05. The molecule has 2 fully saturated rings. The number of ether oxygens (including phenoxy) is 1. The zero-order valence-electron chi connectivity index (χ0n) is 14.5. The van der Waals surface area contributed by atoms with Crippen molar-refractivity contribution in [2.24, 2.45) is 7.05 Å². The first-order chi connectivity index (χ1) is 11.9. The molecule has 1 aromatic heterocycles. The quantitative estimate of drug-likeness (QED) is 0.652. The summed E-state index contributed by atoms with van der Waals surface area (Å²) in [6.07, 6.45) is 2.42. The summed E-state index contributed by atoms with van der Waals surface area (Å²) in [6.45, 7) is 3.03. The van der Waals surface area contributed by atoms with Crippen LogP contribution in [0.25, 0.3) is 0 Å². The van der Waals surface area contributed by atoms with E-state index < -0.39 is 9.84 Å². The summed E-state index contributed by atoms with van der Waals surface area (Å²) in [5.41, 5.74) is 0. The van der Waals surface area contributed by atoms with E-state index in [1.165, 1.54) is 11.8 Å². The molecule has 140 valence electrons. The van der Waals surface area contributed by atoms with Gasteiger partial charge in [0.2, 0.25) is 5.91 Å². The molecule has 2 saturated heterocycles. The molecule has 0 aromatic carbocycles. The van der Waals surface area contributed by atoms with E-state index in [2.05, 4.69) is 10.2 Å². The molecule has 8 nitrogen and oxygen atoms in total. The number of carbonyl (C=O) groups is 1. The number of carbonyl (C=O) groups excluding carboxylic acids is 1. The Kier molecular flexibility index (Phi) is 5.69. The van der Waals surface area contributed by atoms with Gasteiger partial charge in [0, 0.05) is 26.2 Å². The summed E-state index contributed by atoms with van der Waals surface area (Å²) < 4.78 is 31.2. The van der Waals surface area contributed by atoms with Gasteiger partial charge >= 0.3 is 0 Å². The van der Waals surface area contributed by atoms with Crippen LogP contribution in [0.3, 0.4) is 0 Å². The van der Waals surface area contributed by atoms with Gasteiger partial charge in [-0.1, -0.05) is 11.8 Å². The number of thioether (sulfide) groups is 1. The lowest BCUT2D eigenvalue weighted by atomic mass is 10.1. The van der Waals surface area contributed by atoms with Gasteiger partial charge in [-0.3, -0.25) is 4.79 Å². The van der Waals surface area contributed by atoms with Crippen LogP contribution in [-0.2, 0) is 26.4 Å². The summed E-state index contributed by atoms with van der Waals surface area (Å²) in [4.78, 5) is 14.5. The van der Waals surface area contributed by atoms with Crippen LogP contribution in [0, 0.1) is 6.92 Å². The highest BCUT2D eigenvalue weighted by Gasteiger charge is 2.36. The van der Waals surface area contributed by atoms with Gasteiger partial charge in [0.15, 0.2) is 15.0 Å². The maximum atomic E-state index is 12.8. The summed E-state index contributed by atoms with van der Waals surface area (Å²) in [7, 11) is -1.19. The molecule has 2 atom stereocenters. The molecular weight excluding hydrogens is 364 g/mol. The number of sulfone groups is 1. The summed E-state index contributed by atoms with van der Waals surface area (Å²) in [5.74, 6) is 1.15. The van der Waals surface area contributed by atoms with Gasteiger partial charge in [-0.05, 0) is 26.2 Å². The highest BCUT2D eigenvalue weighted by Crippen LogP contribution is 2.23. The second-order valence-electron chi connectivity index (χ2n) is 6.62. The molecule has 0 bridgehead atoms. The number of hydrogen-bond donors (Lipinski definition) is 0. The number of nitrogens with zero attached hydrogens (tertiary/aromatic N) is 4. The number of hydrogen-bond acceptors (Lipinski definition) is 7. The molecule has 0 spiro atoms. The van der Waals surface area contributed by atoms with E-state index in [0.717, 1.165) is 18.7 Å². The molecule has 3 heterocycles. The van der Waals surface area contributed by atoms with Gasteiger partial charge in [0.25, 0.3) is 0 Å². The average Bonchev–Trinajstić information content (AvgIpc) is 3.26. The first-order valence-electron chi connectivity index (χ1n) is 8.46. The monoisotopic (exact) mass is 388 g/mol. The van der Waals surface area contributed by atoms with Crippen molar-refractivity contribution >= 4 is 27.5 Å². The third-order valence-corrected chi connectivity index (χ3v) is 7.53. The largest absolute Gasteiger partial charge is 0.376 e. The summed E-state index contributed by atoms with van der Waals surface area (Å²) in [6, 6.07) is -0.247. The lowest BCUT2D eigenvalue weighted by Gasteiger charge is -2.30. The van der Waals surface area contributed by atoms with Crippen LogP contribution in [0.15, 0.2) is 5.16 Å². The first kappa shape index (κ1) is 18.7. The minimum Gasteiger partial charge on any atom is -0.376 e. The summed E-state index contributed by atoms with van der Waals surface area (Å²) in [5, 5.41) is 8.72. The van der Waals surface area contributed by atoms with E-state index >= 15 is 0 Å². The van der Waals surface area contributed by atoms with Crippen molar-refractivity contribution in [1.82, 2.24) is 19.7 Å². The van der Waals surface area contributed by atoms with Gasteiger partial charge in [-0.15, -0.1) is 10.2 Å². The number of aryl methyl sites for hydroxylation is 1. The minimum absolute atomic E-state index is 0.00864. The highest BCUT2D eigenvalue weighted by atomic mass is 32.2. The van der Waals surface area contributed by atoms with Crippen molar-refractivity contribution in [3.63, 3.8) is 0 Å². The van der Waals surface area contributed by atoms with Gasteiger partial charge in [-0.2, -0.15) is 0 Å². The lowest BCUT2D eigenvalue weighted by molar-refractivity contribution is -0.131. The SMILES string of the molecule is Cc1nnc(SCC(=O)N(C[C@H]2CCCO2)[C@@H]2CCS(=O)(=O)C2)n1C. The number of amides is 1. The van der Waals surface area contributed by atoms with Gasteiger partial charge in [0.05, 0.1) is 23.4 Å². The zero-order chi connectivity index (χ0) is 18.0. The Bertz CT molecular complexity index is 728. The Hall–Kier alpha value is -1.13. The van der Waals surface area contributed by atoms with E-state index in [1.54, 1.807) is 4.90 Å². The van der Waals surface area contributed by atoms with Crippen LogP contribution in [0.4, 0.5) is 0 Å². The van der Waals surface area contributed by atoms with E-state index in [0.29, 0.717) is 24.7 Å². The third kappa shape index (κ3) is 4.53. The zero-order valence-corrected chi connectivity index (χ0v) is 16.2. The molecule has 0 N–H and O–H groups in total. The van der Waals surface area contributed by atoms with Crippen LogP contribution >= 0.6 is 11.8 Å². The fourth-order valence-electron chi connectivity index (χ4n) is 3.21.